The van der Waals surface area contributed by atoms with Crippen LogP contribution in [0.25, 0.3) is 0 Å². The lowest BCUT2D eigenvalue weighted by atomic mass is 10.0. The molecule has 0 radical (unpaired) electrons. The van der Waals surface area contributed by atoms with E-state index in [0.717, 1.165) is 0 Å². The zero-order valence-corrected chi connectivity index (χ0v) is 13.1. The number of carbonyl (C=O) groups is 2. The number of carbonyl (C=O) groups excluding carboxylic acids is 2. The van der Waals surface area contributed by atoms with E-state index in [4.69, 9.17) is 11.6 Å². The van der Waals surface area contributed by atoms with E-state index < -0.39 is 0 Å². The smallest absolute Gasteiger partial charge is 0.223 e. The van der Waals surface area contributed by atoms with E-state index in [1.54, 1.807) is 31.3 Å². The van der Waals surface area contributed by atoms with Crippen LogP contribution in [0.5, 0.6) is 0 Å². The Morgan fingerprint density at radius 1 is 1.25 bits per heavy atom. The topological polar surface area (TPSA) is 49.4 Å². The summed E-state index contributed by atoms with van der Waals surface area (Å²) < 4.78 is 0. The third-order valence-corrected chi connectivity index (χ3v) is 3.68. The van der Waals surface area contributed by atoms with Gasteiger partial charge in [-0.05, 0) is 38.2 Å². The Morgan fingerprint density at radius 2 is 1.80 bits per heavy atom. The van der Waals surface area contributed by atoms with Crippen molar-refractivity contribution in [2.75, 3.05) is 20.6 Å². The van der Waals surface area contributed by atoms with Crippen molar-refractivity contribution >= 4 is 23.3 Å². The predicted octanol–water partition coefficient (Wildman–Crippen LogP) is 2.23. The maximum Gasteiger partial charge on any atom is 0.223 e. The lowest BCUT2D eigenvalue weighted by Crippen LogP contribution is -2.41. The van der Waals surface area contributed by atoms with Gasteiger partial charge in [-0.25, -0.2) is 0 Å². The highest BCUT2D eigenvalue weighted by molar-refractivity contribution is 6.30. The number of Topliss-reactive ketones (excluding diaryl/α,β-unsaturated/α-hetero) is 1. The fourth-order valence-corrected chi connectivity index (χ4v) is 2.10. The molecule has 0 saturated heterocycles. The van der Waals surface area contributed by atoms with Crippen LogP contribution in [-0.2, 0) is 4.79 Å². The van der Waals surface area contributed by atoms with Crippen LogP contribution in [0.2, 0.25) is 5.02 Å². The van der Waals surface area contributed by atoms with Gasteiger partial charge in [0, 0.05) is 30.1 Å². The van der Waals surface area contributed by atoms with Gasteiger partial charge in [0.1, 0.15) is 0 Å². The summed E-state index contributed by atoms with van der Waals surface area (Å²) in [5.74, 6) is -0.165. The van der Waals surface area contributed by atoms with E-state index >= 15 is 0 Å². The number of halogens is 1. The van der Waals surface area contributed by atoms with Crippen molar-refractivity contribution in [3.05, 3.63) is 34.9 Å². The fraction of sp³-hybridized carbons (Fsp3) is 0.467. The summed E-state index contributed by atoms with van der Waals surface area (Å²) in [4.78, 5) is 25.7. The molecule has 1 amide bonds. The highest BCUT2D eigenvalue weighted by atomic mass is 35.5. The lowest BCUT2D eigenvalue weighted by Gasteiger charge is -2.26. The lowest BCUT2D eigenvalue weighted by molar-refractivity contribution is -0.124. The summed E-state index contributed by atoms with van der Waals surface area (Å²) in [5.41, 5.74) is 0.626. The number of nitrogens with one attached hydrogen (secondary N) is 1. The van der Waals surface area contributed by atoms with E-state index in [-0.39, 0.29) is 23.7 Å². The fourth-order valence-electron chi connectivity index (χ4n) is 1.97. The molecule has 0 aliphatic heterocycles. The van der Waals surface area contributed by atoms with Gasteiger partial charge in [0.05, 0.1) is 6.04 Å². The highest BCUT2D eigenvalue weighted by Gasteiger charge is 2.22. The molecule has 5 heteroatoms. The summed E-state index contributed by atoms with van der Waals surface area (Å²) in [5, 5.41) is 3.22. The molecule has 0 bridgehead atoms. The SMILES string of the molecule is CNC(=O)C(C)CN(C)C(C)C(=O)c1ccc(Cl)cc1. The molecular weight excluding hydrogens is 276 g/mol. The minimum atomic E-state index is -0.289. The van der Waals surface area contributed by atoms with Crippen LogP contribution in [0.1, 0.15) is 24.2 Å². The van der Waals surface area contributed by atoms with Crippen molar-refractivity contribution in [3.63, 3.8) is 0 Å². The van der Waals surface area contributed by atoms with E-state index in [2.05, 4.69) is 5.32 Å². The molecule has 1 aromatic carbocycles. The number of hydrogen-bond donors (Lipinski definition) is 1. The van der Waals surface area contributed by atoms with Gasteiger partial charge in [-0.15, -0.1) is 0 Å². The van der Waals surface area contributed by atoms with Crippen LogP contribution >= 0.6 is 11.6 Å². The van der Waals surface area contributed by atoms with Crippen molar-refractivity contribution in [2.24, 2.45) is 5.92 Å². The van der Waals surface area contributed by atoms with Gasteiger partial charge in [-0.2, -0.15) is 0 Å². The molecule has 0 aliphatic rings. The summed E-state index contributed by atoms with van der Waals surface area (Å²) >= 11 is 5.81. The number of ketones is 1. The molecular formula is C15H21ClN2O2. The second-order valence-corrected chi connectivity index (χ2v) is 5.44. The number of nitrogens with zero attached hydrogens (tertiary/aromatic N) is 1. The number of likely N-dealkylation sites (N-methyl/N-ethyl adjacent to an activating group) is 1. The largest absolute Gasteiger partial charge is 0.359 e. The van der Waals surface area contributed by atoms with Crippen molar-refractivity contribution in [2.45, 2.75) is 19.9 Å². The number of hydrogen-bond acceptors (Lipinski definition) is 3. The monoisotopic (exact) mass is 296 g/mol. The Balaban J connectivity index is 2.68. The highest BCUT2D eigenvalue weighted by Crippen LogP contribution is 2.13. The first-order chi connectivity index (χ1) is 9.36. The van der Waals surface area contributed by atoms with Crippen LogP contribution in [0.3, 0.4) is 0 Å². The average Bonchev–Trinajstić information content (AvgIpc) is 2.45. The second kappa shape index (κ2) is 7.41. The number of rotatable bonds is 6. The Bertz CT molecular complexity index is 473. The molecule has 1 aromatic rings. The summed E-state index contributed by atoms with van der Waals surface area (Å²) in [6.45, 7) is 4.21. The predicted molar refractivity (Wildman–Crippen MR) is 81.1 cm³/mol. The second-order valence-electron chi connectivity index (χ2n) is 5.00. The Hall–Kier alpha value is -1.39. The van der Waals surface area contributed by atoms with Crippen LogP contribution in [-0.4, -0.2) is 43.3 Å². The maximum absolute atomic E-state index is 12.3. The summed E-state index contributed by atoms with van der Waals surface area (Å²) in [6, 6.07) is 6.56. The quantitative estimate of drug-likeness (QED) is 0.819. The third kappa shape index (κ3) is 4.32. The zero-order valence-electron chi connectivity index (χ0n) is 12.3. The molecule has 4 nitrogen and oxygen atoms in total. The molecule has 1 N–H and O–H groups in total. The van der Waals surface area contributed by atoms with Gasteiger partial charge in [-0.1, -0.05) is 18.5 Å². The summed E-state index contributed by atoms with van der Waals surface area (Å²) in [6.07, 6.45) is 0. The third-order valence-electron chi connectivity index (χ3n) is 3.43. The summed E-state index contributed by atoms with van der Waals surface area (Å²) in [7, 11) is 3.46. The molecule has 2 atom stereocenters. The Labute approximate surface area is 125 Å². The molecule has 0 aromatic heterocycles. The van der Waals surface area contributed by atoms with Gasteiger partial charge in [0.15, 0.2) is 5.78 Å². The van der Waals surface area contributed by atoms with Crippen LogP contribution in [0.4, 0.5) is 0 Å². The van der Waals surface area contributed by atoms with Crippen LogP contribution < -0.4 is 5.32 Å². The van der Waals surface area contributed by atoms with E-state index in [0.29, 0.717) is 17.1 Å². The van der Waals surface area contributed by atoms with E-state index in [1.165, 1.54) is 0 Å². The van der Waals surface area contributed by atoms with E-state index in [1.807, 2.05) is 25.8 Å². The average molecular weight is 297 g/mol. The number of amides is 1. The van der Waals surface area contributed by atoms with Gasteiger partial charge in [0.25, 0.3) is 0 Å². The number of benzene rings is 1. The van der Waals surface area contributed by atoms with Gasteiger partial charge < -0.3 is 5.32 Å². The first-order valence-electron chi connectivity index (χ1n) is 6.58. The van der Waals surface area contributed by atoms with E-state index in [9.17, 15) is 9.59 Å². The van der Waals surface area contributed by atoms with Crippen molar-refractivity contribution in [1.82, 2.24) is 10.2 Å². The molecule has 2 unspecified atom stereocenters. The Morgan fingerprint density at radius 3 is 2.30 bits per heavy atom. The first-order valence-corrected chi connectivity index (χ1v) is 6.96. The van der Waals surface area contributed by atoms with Crippen molar-refractivity contribution in [1.29, 1.82) is 0 Å². The molecule has 0 spiro atoms. The molecule has 110 valence electrons. The molecule has 0 fully saturated rings. The van der Waals surface area contributed by atoms with Crippen LogP contribution in [0, 0.1) is 5.92 Å². The van der Waals surface area contributed by atoms with Gasteiger partial charge >= 0.3 is 0 Å². The van der Waals surface area contributed by atoms with Gasteiger partial charge in [-0.3, -0.25) is 14.5 Å². The molecule has 20 heavy (non-hydrogen) atoms. The molecule has 1 rings (SSSR count). The Kier molecular flexibility index (Phi) is 6.17. The van der Waals surface area contributed by atoms with Crippen molar-refractivity contribution < 1.29 is 9.59 Å². The normalized spacial score (nSPS) is 13.9. The minimum Gasteiger partial charge on any atom is -0.359 e. The molecule has 0 saturated carbocycles. The zero-order chi connectivity index (χ0) is 15.3. The van der Waals surface area contributed by atoms with Crippen LogP contribution in [0.15, 0.2) is 24.3 Å². The first kappa shape index (κ1) is 16.7. The standard InChI is InChI=1S/C15H21ClN2O2/c1-10(15(20)17-3)9-18(4)11(2)14(19)12-5-7-13(16)8-6-12/h5-8,10-11H,9H2,1-4H3,(H,17,20). The molecule has 0 aliphatic carbocycles. The van der Waals surface area contributed by atoms with Crippen molar-refractivity contribution in [3.8, 4) is 0 Å². The molecule has 0 heterocycles. The maximum atomic E-state index is 12.3. The minimum absolute atomic E-state index is 0.0215. The van der Waals surface area contributed by atoms with Gasteiger partial charge in [0.2, 0.25) is 5.91 Å².